The van der Waals surface area contributed by atoms with E-state index in [0.717, 1.165) is 44.2 Å². The molecule has 0 bridgehead atoms. The van der Waals surface area contributed by atoms with Crippen LogP contribution >= 0.6 is 0 Å². The molecule has 0 unspecified atom stereocenters. The second-order valence-electron chi connectivity index (χ2n) is 4.60. The number of hydrogen-bond donors (Lipinski definition) is 2. The molecule has 0 heterocycles. The van der Waals surface area contributed by atoms with Crippen LogP contribution in [0.5, 0.6) is 5.75 Å². The van der Waals surface area contributed by atoms with Crippen LogP contribution in [0.3, 0.4) is 0 Å². The van der Waals surface area contributed by atoms with Crippen molar-refractivity contribution in [2.24, 2.45) is 4.99 Å². The SMILES string of the molecule is CCCCN=C(NCC)NCCc1ccccc1OC. The molecule has 2 N–H and O–H groups in total. The van der Waals surface area contributed by atoms with Gasteiger partial charge in [-0.3, -0.25) is 4.99 Å². The molecule has 0 aromatic heterocycles. The highest BCUT2D eigenvalue weighted by Gasteiger charge is 2.02. The predicted molar refractivity (Wildman–Crippen MR) is 85.6 cm³/mol. The molecule has 0 atom stereocenters. The highest BCUT2D eigenvalue weighted by molar-refractivity contribution is 5.79. The largest absolute Gasteiger partial charge is 0.496 e. The number of ether oxygens (including phenoxy) is 1. The normalized spacial score (nSPS) is 11.2. The molecular formula is C16H27N3O. The summed E-state index contributed by atoms with van der Waals surface area (Å²) in [5, 5.41) is 6.63. The van der Waals surface area contributed by atoms with Gasteiger partial charge in [-0.1, -0.05) is 31.5 Å². The maximum atomic E-state index is 5.36. The lowest BCUT2D eigenvalue weighted by atomic mass is 10.1. The molecule has 1 aromatic rings. The molecule has 0 saturated heterocycles. The summed E-state index contributed by atoms with van der Waals surface area (Å²) in [4.78, 5) is 4.54. The van der Waals surface area contributed by atoms with Gasteiger partial charge in [-0.25, -0.2) is 0 Å². The van der Waals surface area contributed by atoms with E-state index >= 15 is 0 Å². The van der Waals surface area contributed by atoms with E-state index < -0.39 is 0 Å². The summed E-state index contributed by atoms with van der Waals surface area (Å²) in [6.07, 6.45) is 3.22. The molecule has 1 rings (SSSR count). The summed E-state index contributed by atoms with van der Waals surface area (Å²) < 4.78 is 5.36. The third-order valence-corrected chi connectivity index (χ3v) is 3.01. The fraction of sp³-hybridized carbons (Fsp3) is 0.562. The highest BCUT2D eigenvalue weighted by Crippen LogP contribution is 2.17. The average Bonchev–Trinajstić information content (AvgIpc) is 2.48. The second kappa shape index (κ2) is 10.1. The minimum atomic E-state index is 0.846. The van der Waals surface area contributed by atoms with Crippen molar-refractivity contribution in [2.45, 2.75) is 33.1 Å². The van der Waals surface area contributed by atoms with E-state index in [2.05, 4.69) is 35.5 Å². The van der Waals surface area contributed by atoms with E-state index in [0.29, 0.717) is 0 Å². The first kappa shape index (κ1) is 16.3. The van der Waals surface area contributed by atoms with Gasteiger partial charge in [0.15, 0.2) is 5.96 Å². The number of rotatable bonds is 8. The Morgan fingerprint density at radius 3 is 2.70 bits per heavy atom. The summed E-state index contributed by atoms with van der Waals surface area (Å²) in [5.74, 6) is 1.85. The van der Waals surface area contributed by atoms with Crippen LogP contribution in [-0.2, 0) is 6.42 Å². The van der Waals surface area contributed by atoms with E-state index in [9.17, 15) is 0 Å². The third kappa shape index (κ3) is 5.95. The maximum Gasteiger partial charge on any atom is 0.191 e. The maximum absolute atomic E-state index is 5.36. The van der Waals surface area contributed by atoms with Crippen molar-refractivity contribution in [3.8, 4) is 5.75 Å². The Labute approximate surface area is 122 Å². The van der Waals surface area contributed by atoms with Gasteiger partial charge in [0.1, 0.15) is 5.75 Å². The molecule has 4 nitrogen and oxygen atoms in total. The minimum absolute atomic E-state index is 0.846. The van der Waals surface area contributed by atoms with Gasteiger partial charge < -0.3 is 15.4 Å². The van der Waals surface area contributed by atoms with Crippen LogP contribution in [0.2, 0.25) is 0 Å². The lowest BCUT2D eigenvalue weighted by Crippen LogP contribution is -2.38. The first-order valence-corrected chi connectivity index (χ1v) is 7.45. The minimum Gasteiger partial charge on any atom is -0.496 e. The Balaban J connectivity index is 2.45. The van der Waals surface area contributed by atoms with Crippen LogP contribution in [0.1, 0.15) is 32.3 Å². The van der Waals surface area contributed by atoms with Crippen LogP contribution in [0.4, 0.5) is 0 Å². The Hall–Kier alpha value is -1.71. The highest BCUT2D eigenvalue weighted by atomic mass is 16.5. The zero-order valence-electron chi connectivity index (χ0n) is 12.9. The van der Waals surface area contributed by atoms with Crippen molar-refractivity contribution in [3.63, 3.8) is 0 Å². The molecule has 0 aliphatic carbocycles. The van der Waals surface area contributed by atoms with Crippen molar-refractivity contribution in [2.75, 3.05) is 26.7 Å². The molecule has 0 spiro atoms. The van der Waals surface area contributed by atoms with Gasteiger partial charge >= 0.3 is 0 Å². The zero-order chi connectivity index (χ0) is 14.6. The number of para-hydroxylation sites is 1. The number of nitrogens with zero attached hydrogens (tertiary/aromatic N) is 1. The monoisotopic (exact) mass is 277 g/mol. The van der Waals surface area contributed by atoms with Crippen LogP contribution in [0.25, 0.3) is 0 Å². The number of guanidine groups is 1. The van der Waals surface area contributed by atoms with Crippen molar-refractivity contribution in [3.05, 3.63) is 29.8 Å². The van der Waals surface area contributed by atoms with Gasteiger partial charge in [-0.15, -0.1) is 0 Å². The van der Waals surface area contributed by atoms with Gasteiger partial charge in [-0.2, -0.15) is 0 Å². The number of methoxy groups -OCH3 is 1. The fourth-order valence-corrected chi connectivity index (χ4v) is 1.92. The van der Waals surface area contributed by atoms with E-state index in [1.54, 1.807) is 7.11 Å². The molecule has 0 radical (unpaired) electrons. The van der Waals surface area contributed by atoms with Crippen molar-refractivity contribution in [1.82, 2.24) is 10.6 Å². The quantitative estimate of drug-likeness (QED) is 0.436. The second-order valence-corrected chi connectivity index (χ2v) is 4.60. The van der Waals surface area contributed by atoms with Crippen molar-refractivity contribution < 1.29 is 4.74 Å². The van der Waals surface area contributed by atoms with Crippen molar-refractivity contribution in [1.29, 1.82) is 0 Å². The topological polar surface area (TPSA) is 45.7 Å². The summed E-state index contributed by atoms with van der Waals surface area (Å²) in [6.45, 7) is 6.86. The third-order valence-electron chi connectivity index (χ3n) is 3.01. The van der Waals surface area contributed by atoms with Gasteiger partial charge in [0.25, 0.3) is 0 Å². The first-order chi connectivity index (χ1) is 9.81. The Bertz CT molecular complexity index is 404. The first-order valence-electron chi connectivity index (χ1n) is 7.45. The number of aliphatic imine (C=N–C) groups is 1. The number of hydrogen-bond acceptors (Lipinski definition) is 2. The lowest BCUT2D eigenvalue weighted by Gasteiger charge is -2.12. The average molecular weight is 277 g/mol. The smallest absolute Gasteiger partial charge is 0.191 e. The van der Waals surface area contributed by atoms with Gasteiger partial charge in [0.05, 0.1) is 7.11 Å². The summed E-state index contributed by atoms with van der Waals surface area (Å²) in [5.41, 5.74) is 1.21. The van der Waals surface area contributed by atoms with Crippen molar-refractivity contribution >= 4 is 5.96 Å². The molecule has 0 saturated carbocycles. The molecule has 0 aliphatic heterocycles. The lowest BCUT2D eigenvalue weighted by molar-refractivity contribution is 0.409. The molecule has 112 valence electrons. The number of unbranched alkanes of at least 4 members (excludes halogenated alkanes) is 1. The number of benzene rings is 1. The Morgan fingerprint density at radius 1 is 1.20 bits per heavy atom. The summed E-state index contributed by atoms with van der Waals surface area (Å²) in [7, 11) is 1.71. The van der Waals surface area contributed by atoms with Crippen LogP contribution < -0.4 is 15.4 Å². The molecule has 4 heteroatoms. The number of nitrogens with one attached hydrogen (secondary N) is 2. The fourth-order valence-electron chi connectivity index (χ4n) is 1.92. The summed E-state index contributed by atoms with van der Waals surface area (Å²) in [6, 6.07) is 8.13. The zero-order valence-corrected chi connectivity index (χ0v) is 12.9. The van der Waals surface area contributed by atoms with Crippen LogP contribution in [-0.4, -0.2) is 32.7 Å². The van der Waals surface area contributed by atoms with E-state index in [-0.39, 0.29) is 0 Å². The van der Waals surface area contributed by atoms with Gasteiger partial charge in [0.2, 0.25) is 0 Å². The van der Waals surface area contributed by atoms with Crippen LogP contribution in [0.15, 0.2) is 29.3 Å². The van der Waals surface area contributed by atoms with E-state index in [4.69, 9.17) is 4.74 Å². The van der Waals surface area contributed by atoms with Crippen LogP contribution in [0, 0.1) is 0 Å². The molecule has 20 heavy (non-hydrogen) atoms. The van der Waals surface area contributed by atoms with Gasteiger partial charge in [0, 0.05) is 19.6 Å². The molecule has 1 aromatic carbocycles. The Kier molecular flexibility index (Phi) is 8.27. The van der Waals surface area contributed by atoms with E-state index in [1.807, 2.05) is 18.2 Å². The standard InChI is InChI=1S/C16H27N3O/c1-4-6-12-18-16(17-5-2)19-13-11-14-9-7-8-10-15(14)20-3/h7-10H,4-6,11-13H2,1-3H3,(H2,17,18,19). The molecular weight excluding hydrogens is 250 g/mol. The molecule has 0 amide bonds. The Morgan fingerprint density at radius 2 is 2.00 bits per heavy atom. The van der Waals surface area contributed by atoms with E-state index in [1.165, 1.54) is 12.0 Å². The van der Waals surface area contributed by atoms with Gasteiger partial charge in [-0.05, 0) is 31.4 Å². The molecule has 0 fully saturated rings. The molecule has 0 aliphatic rings. The predicted octanol–water partition coefficient (Wildman–Crippen LogP) is 2.59. The summed E-state index contributed by atoms with van der Waals surface area (Å²) >= 11 is 0.